The molecule has 9 atom stereocenters. The maximum Gasteiger partial charge on any atom is 0.335 e. The zero-order chi connectivity index (χ0) is 47.3. The molecule has 6 aliphatic rings. The summed E-state index contributed by atoms with van der Waals surface area (Å²) in [7, 11) is 2.00. The number of fused-ring (bicyclic) bond motifs is 2. The number of ether oxygens (including phenoxy) is 6. The van der Waals surface area contributed by atoms with Crippen LogP contribution in [-0.2, 0) is 63.8 Å². The van der Waals surface area contributed by atoms with Crippen LogP contribution in [0.15, 0.2) is 29.3 Å². The summed E-state index contributed by atoms with van der Waals surface area (Å²) in [6.07, 6.45) is -8.67. The second-order valence-corrected chi connectivity index (χ2v) is 17.5. The van der Waals surface area contributed by atoms with E-state index in [0.717, 1.165) is 5.56 Å². The van der Waals surface area contributed by atoms with E-state index in [4.69, 9.17) is 28.4 Å². The number of carbonyl (C=O) groups is 7. The molecule has 7 rings (SSSR count). The summed E-state index contributed by atoms with van der Waals surface area (Å²) in [6.45, 7) is 3.72. The van der Waals surface area contributed by atoms with E-state index in [1.165, 1.54) is 11.0 Å². The molecule has 0 aromatic heterocycles. The predicted molar refractivity (Wildman–Crippen MR) is 222 cm³/mol. The van der Waals surface area contributed by atoms with E-state index in [-0.39, 0.29) is 101 Å². The average Bonchev–Trinajstić information content (AvgIpc) is 3.71. The molecule has 23 heteroatoms. The van der Waals surface area contributed by atoms with Crippen molar-refractivity contribution in [3.63, 3.8) is 0 Å². The molecule has 2 bridgehead atoms. The van der Waals surface area contributed by atoms with Crippen molar-refractivity contribution in [3.8, 4) is 5.75 Å². The van der Waals surface area contributed by atoms with E-state index >= 15 is 0 Å². The summed E-state index contributed by atoms with van der Waals surface area (Å²) in [6, 6.07) is 4.80. The van der Waals surface area contributed by atoms with E-state index in [0.29, 0.717) is 67.6 Å². The van der Waals surface area contributed by atoms with Crippen LogP contribution >= 0.6 is 0 Å². The van der Waals surface area contributed by atoms with Crippen LogP contribution in [0, 0.1) is 11.8 Å². The lowest BCUT2D eigenvalue weighted by Gasteiger charge is -2.43. The molecule has 23 nitrogen and oxygen atoms in total. The van der Waals surface area contributed by atoms with Gasteiger partial charge in [0.15, 0.2) is 6.10 Å². The normalized spacial score (nSPS) is 28.6. The third-order valence-corrected chi connectivity index (χ3v) is 12.9. The molecule has 5 aliphatic heterocycles. The van der Waals surface area contributed by atoms with Gasteiger partial charge >= 0.3 is 11.9 Å². The number of carbonyl (C=O) groups excluding carboxylic acids is 5. The molecule has 5 heterocycles. The summed E-state index contributed by atoms with van der Waals surface area (Å²) in [4.78, 5) is 89.8. The van der Waals surface area contributed by atoms with Crippen LogP contribution in [-0.4, -0.2) is 210 Å². The Kier molecular flexibility index (Phi) is 15.7. The van der Waals surface area contributed by atoms with Crippen molar-refractivity contribution in [2.45, 2.75) is 81.6 Å². The number of quaternary nitrogens is 1. The molecule has 0 spiro atoms. The number of anilines is 1. The lowest BCUT2D eigenvalue weighted by atomic mass is 9.78. The Balaban J connectivity index is 0.855. The first-order valence-corrected chi connectivity index (χ1v) is 22.2. The number of piperazine rings is 1. The molecule has 5 amide bonds. The molecule has 362 valence electrons. The Morgan fingerprint density at radius 1 is 0.773 bits per heavy atom. The number of rotatable bonds is 23. The standard InChI is InChI=1S/C43H57N5O18/c1-48(12-9-46(10-13-48)40(56)32-28-4-5-29(64-28)33(32)41(57)58)22-23-2-3-27(65-43-36(53)34(51)35(52)37(66-43)42(59)60)26(20-23)45-31(50)6-8-44-30(49)7-14-61-16-18-63-19-17-62-15-11-47-38(54)24-21-25(24)39(47)55/h2-3,20,28-29,32-37,43,51-53H,4-19,21-22H2,1H3,(H3-,44,45,49,50,57,58,59,60)/p+1/t28?,29?,32?,33?,34-,35-,36+,37-,43+/m0/s1. The lowest BCUT2D eigenvalue weighted by Crippen LogP contribution is -2.61. The maximum atomic E-state index is 13.6. The number of likely N-dealkylation sites (tertiary alicyclic amines) is 1. The minimum atomic E-state index is -1.95. The second kappa shape index (κ2) is 21.2. The van der Waals surface area contributed by atoms with Gasteiger partial charge in [-0.05, 0) is 31.0 Å². The number of hydrogen-bond donors (Lipinski definition) is 7. The average molecular weight is 933 g/mol. The first kappa shape index (κ1) is 48.8. The Bertz CT molecular complexity index is 2030. The van der Waals surface area contributed by atoms with Crippen molar-refractivity contribution in [1.82, 2.24) is 15.1 Å². The number of aliphatic carboxylic acids is 2. The van der Waals surface area contributed by atoms with Crippen molar-refractivity contribution < 1.29 is 92.0 Å². The first-order chi connectivity index (χ1) is 31.5. The lowest BCUT2D eigenvalue weighted by molar-refractivity contribution is -0.926. The number of aliphatic hydroxyl groups is 3. The van der Waals surface area contributed by atoms with Gasteiger partial charge in [0, 0.05) is 42.5 Å². The Morgan fingerprint density at radius 3 is 2.06 bits per heavy atom. The van der Waals surface area contributed by atoms with Crippen LogP contribution in [0.4, 0.5) is 5.69 Å². The molecule has 66 heavy (non-hydrogen) atoms. The van der Waals surface area contributed by atoms with Crippen molar-refractivity contribution in [1.29, 1.82) is 0 Å². The summed E-state index contributed by atoms with van der Waals surface area (Å²) in [5.41, 5.74) is 2.03. The zero-order valence-corrected chi connectivity index (χ0v) is 36.5. The van der Waals surface area contributed by atoms with Gasteiger partial charge < -0.3 is 74.0 Å². The number of likely N-dealkylation sites (N-methyl/N-ethyl adjacent to an activating group) is 1. The SMILES string of the molecule is C[N+]1(Cc2ccc(O[C@@H]3O[C@H](C(=O)O)[C@@H](O)[C@H](O)[C@H]3O)c(NC(=O)CCNC(=O)CCOCCOCCOCCN3C(=O)C4=C(C4)C3=O)c2)CCN(C(=O)C2C3CCC(O3)C2C(=O)O)CC1. The number of benzene rings is 1. The number of carboxylic acid groups (broad SMARTS) is 2. The highest BCUT2D eigenvalue weighted by molar-refractivity contribution is 6.25. The highest BCUT2D eigenvalue weighted by Gasteiger charge is 2.57. The Hall–Kier alpha value is -5.11. The molecular formula is C43H58N5O18+. The monoisotopic (exact) mass is 932 g/mol. The topological polar surface area (TPSA) is 307 Å². The summed E-state index contributed by atoms with van der Waals surface area (Å²) >= 11 is 0. The molecule has 1 aromatic rings. The van der Waals surface area contributed by atoms with Gasteiger partial charge in [-0.1, -0.05) is 0 Å². The fourth-order valence-electron chi connectivity index (χ4n) is 9.08. The smallest absolute Gasteiger partial charge is 0.335 e. The number of amides is 5. The fourth-order valence-corrected chi connectivity index (χ4v) is 9.08. The van der Waals surface area contributed by atoms with Crippen molar-refractivity contribution >= 4 is 47.2 Å². The number of nitrogens with one attached hydrogen (secondary N) is 2. The maximum absolute atomic E-state index is 13.6. The third kappa shape index (κ3) is 11.3. The van der Waals surface area contributed by atoms with Gasteiger partial charge in [0.05, 0.1) is 109 Å². The molecule has 4 unspecified atom stereocenters. The summed E-state index contributed by atoms with van der Waals surface area (Å²) in [5, 5.41) is 55.9. The van der Waals surface area contributed by atoms with Crippen molar-refractivity contribution in [2.24, 2.45) is 11.8 Å². The van der Waals surface area contributed by atoms with E-state index in [1.807, 2.05) is 7.05 Å². The van der Waals surface area contributed by atoms with Crippen LogP contribution in [0.3, 0.4) is 0 Å². The third-order valence-electron chi connectivity index (χ3n) is 12.9. The van der Waals surface area contributed by atoms with Gasteiger partial charge in [0.1, 0.15) is 30.6 Å². The number of hydrogen-bond acceptors (Lipinski definition) is 16. The number of piperidine rings is 1. The van der Waals surface area contributed by atoms with Gasteiger partial charge in [-0.3, -0.25) is 33.7 Å². The summed E-state index contributed by atoms with van der Waals surface area (Å²) in [5.74, 6) is -5.86. The molecular weight excluding hydrogens is 874 g/mol. The van der Waals surface area contributed by atoms with E-state index in [1.54, 1.807) is 17.0 Å². The first-order valence-electron chi connectivity index (χ1n) is 22.2. The van der Waals surface area contributed by atoms with E-state index < -0.39 is 72.6 Å². The Morgan fingerprint density at radius 2 is 1.41 bits per heavy atom. The van der Waals surface area contributed by atoms with E-state index in [2.05, 4.69) is 10.6 Å². The van der Waals surface area contributed by atoms with E-state index in [9.17, 15) is 59.1 Å². The number of carboxylic acids is 2. The molecule has 0 saturated carbocycles. The molecule has 4 fully saturated rings. The van der Waals surface area contributed by atoms with Gasteiger partial charge in [0.2, 0.25) is 24.0 Å². The number of imide groups is 1. The highest BCUT2D eigenvalue weighted by atomic mass is 16.7. The minimum Gasteiger partial charge on any atom is -0.481 e. The van der Waals surface area contributed by atoms with Crippen LogP contribution in [0.1, 0.15) is 37.7 Å². The van der Waals surface area contributed by atoms with Gasteiger partial charge in [-0.2, -0.15) is 0 Å². The molecule has 0 radical (unpaired) electrons. The van der Waals surface area contributed by atoms with Gasteiger partial charge in [-0.25, -0.2) is 4.79 Å². The Labute approximate surface area is 379 Å². The fraction of sp³-hybridized carbons (Fsp3) is 0.651. The van der Waals surface area contributed by atoms with Crippen LogP contribution in [0.5, 0.6) is 5.75 Å². The number of aliphatic hydroxyl groups excluding tert-OH is 3. The second-order valence-electron chi connectivity index (χ2n) is 17.5. The molecule has 1 aliphatic carbocycles. The van der Waals surface area contributed by atoms with Crippen molar-refractivity contribution in [3.05, 3.63) is 34.9 Å². The van der Waals surface area contributed by atoms with Crippen LogP contribution in [0.2, 0.25) is 0 Å². The molecule has 1 aromatic carbocycles. The minimum absolute atomic E-state index is 0.0142. The highest BCUT2D eigenvalue weighted by Crippen LogP contribution is 2.45. The van der Waals surface area contributed by atoms with Crippen LogP contribution in [0.25, 0.3) is 0 Å². The number of nitrogens with zero attached hydrogens (tertiary/aromatic N) is 3. The van der Waals surface area contributed by atoms with Crippen molar-refractivity contribution in [2.75, 3.05) is 91.3 Å². The van der Waals surface area contributed by atoms with Gasteiger partial charge in [0.25, 0.3) is 11.8 Å². The quantitative estimate of drug-likeness (QED) is 0.0341. The molecule has 4 saturated heterocycles. The van der Waals surface area contributed by atoms with Crippen LogP contribution < -0.4 is 15.4 Å². The zero-order valence-electron chi connectivity index (χ0n) is 36.5. The largest absolute Gasteiger partial charge is 0.481 e. The van der Waals surface area contributed by atoms with Gasteiger partial charge in [-0.15, -0.1) is 0 Å². The summed E-state index contributed by atoms with van der Waals surface area (Å²) < 4.78 is 33.8. The predicted octanol–water partition coefficient (Wildman–Crippen LogP) is -2.42. The molecule has 7 N–H and O–H groups in total.